The molecule has 1 unspecified atom stereocenters. The van der Waals surface area contributed by atoms with Crippen LogP contribution in [0.25, 0.3) is 0 Å². The van der Waals surface area contributed by atoms with Crippen LogP contribution in [0.15, 0.2) is 18.2 Å². The molecule has 0 bridgehead atoms. The van der Waals surface area contributed by atoms with Crippen molar-refractivity contribution >= 4 is 5.69 Å². The van der Waals surface area contributed by atoms with Gasteiger partial charge in [0.05, 0.1) is 20.3 Å². The summed E-state index contributed by atoms with van der Waals surface area (Å²) in [5.74, 6) is 0.814. The number of nitrogens with two attached hydrogens (primary N) is 1. The number of rotatable bonds is 9. The first-order valence-electron chi connectivity index (χ1n) is 7.23. The summed E-state index contributed by atoms with van der Waals surface area (Å²) in [6.45, 7) is 6.15. The molecule has 5 nitrogen and oxygen atoms in total. The summed E-state index contributed by atoms with van der Waals surface area (Å²) in [5.41, 5.74) is 8.25. The molecule has 0 aliphatic rings. The van der Waals surface area contributed by atoms with Gasteiger partial charge in [-0.05, 0) is 26.0 Å². The van der Waals surface area contributed by atoms with Crippen LogP contribution in [0, 0.1) is 0 Å². The van der Waals surface area contributed by atoms with Gasteiger partial charge in [-0.15, -0.1) is 0 Å². The number of hydrogen-bond acceptors (Lipinski definition) is 5. The largest absolute Gasteiger partial charge is 0.496 e. The number of nitrogens with zero attached hydrogens (tertiary/aromatic N) is 1. The Balaban J connectivity index is 3.22. The molecule has 0 saturated carbocycles. The molecule has 120 valence electrons. The van der Waals surface area contributed by atoms with Crippen LogP contribution >= 0.6 is 0 Å². The third-order valence-corrected chi connectivity index (χ3v) is 3.50. The van der Waals surface area contributed by atoms with E-state index in [2.05, 4.69) is 17.9 Å². The lowest BCUT2D eigenvalue weighted by Gasteiger charge is -2.33. The lowest BCUT2D eigenvalue weighted by atomic mass is 10.0. The molecule has 1 rings (SSSR count). The Bertz CT molecular complexity index is 424. The van der Waals surface area contributed by atoms with Crippen LogP contribution in [0.1, 0.15) is 25.5 Å². The summed E-state index contributed by atoms with van der Waals surface area (Å²) < 4.78 is 16.0. The number of anilines is 1. The van der Waals surface area contributed by atoms with Gasteiger partial charge in [0.25, 0.3) is 0 Å². The first kappa shape index (κ1) is 17.8. The van der Waals surface area contributed by atoms with Crippen LogP contribution in [0.4, 0.5) is 5.69 Å². The van der Waals surface area contributed by atoms with E-state index in [-0.39, 0.29) is 12.1 Å². The van der Waals surface area contributed by atoms with Gasteiger partial charge in [0, 0.05) is 44.1 Å². The summed E-state index contributed by atoms with van der Waals surface area (Å²) in [7, 11) is 5.09. The molecular formula is C16H28N2O3. The molecule has 0 fully saturated rings. The molecule has 0 aliphatic carbocycles. The zero-order valence-corrected chi connectivity index (χ0v) is 13.8. The highest BCUT2D eigenvalue weighted by Crippen LogP contribution is 2.34. The molecule has 0 saturated heterocycles. The highest BCUT2D eigenvalue weighted by molar-refractivity contribution is 5.61. The molecule has 0 spiro atoms. The van der Waals surface area contributed by atoms with E-state index >= 15 is 0 Å². The highest BCUT2D eigenvalue weighted by Gasteiger charge is 2.21. The molecule has 0 radical (unpaired) electrons. The van der Waals surface area contributed by atoms with Crippen molar-refractivity contribution in [1.82, 2.24) is 0 Å². The third kappa shape index (κ3) is 4.59. The average molecular weight is 296 g/mol. The molecule has 2 atom stereocenters. The van der Waals surface area contributed by atoms with Crippen molar-refractivity contribution in [3.8, 4) is 5.75 Å². The number of ether oxygens (including phenoxy) is 3. The number of hydrogen-bond donors (Lipinski definition) is 1. The van der Waals surface area contributed by atoms with Crippen LogP contribution < -0.4 is 15.4 Å². The fourth-order valence-electron chi connectivity index (χ4n) is 2.52. The molecule has 21 heavy (non-hydrogen) atoms. The highest BCUT2D eigenvalue weighted by atomic mass is 16.5. The van der Waals surface area contributed by atoms with E-state index in [0.29, 0.717) is 13.2 Å². The van der Waals surface area contributed by atoms with Gasteiger partial charge < -0.3 is 24.8 Å². The van der Waals surface area contributed by atoms with E-state index in [1.54, 1.807) is 21.3 Å². The number of methoxy groups -OCH3 is 3. The van der Waals surface area contributed by atoms with Gasteiger partial charge in [-0.2, -0.15) is 0 Å². The minimum absolute atomic E-state index is 0.115. The van der Waals surface area contributed by atoms with Gasteiger partial charge in [0.15, 0.2) is 0 Å². The molecule has 0 aromatic heterocycles. The van der Waals surface area contributed by atoms with Gasteiger partial charge in [-0.3, -0.25) is 0 Å². The molecule has 0 heterocycles. The Morgan fingerprint density at radius 2 is 1.86 bits per heavy atom. The average Bonchev–Trinajstić information content (AvgIpc) is 2.47. The molecule has 1 aromatic carbocycles. The first-order chi connectivity index (χ1) is 10.1. The molecule has 5 heteroatoms. The summed E-state index contributed by atoms with van der Waals surface area (Å²) in [4.78, 5) is 2.26. The van der Waals surface area contributed by atoms with Crippen molar-refractivity contribution in [3.63, 3.8) is 0 Å². The van der Waals surface area contributed by atoms with Gasteiger partial charge in [0.1, 0.15) is 5.75 Å². The molecule has 0 aliphatic heterocycles. The summed E-state index contributed by atoms with van der Waals surface area (Å²) in [5, 5.41) is 0. The Labute approximate surface area is 128 Å². The van der Waals surface area contributed by atoms with E-state index in [1.807, 2.05) is 19.1 Å². The van der Waals surface area contributed by atoms with Gasteiger partial charge >= 0.3 is 0 Å². The first-order valence-corrected chi connectivity index (χ1v) is 7.23. The molecule has 1 aromatic rings. The van der Waals surface area contributed by atoms with E-state index in [9.17, 15) is 0 Å². The zero-order chi connectivity index (χ0) is 15.8. The second kappa shape index (κ2) is 8.87. The van der Waals surface area contributed by atoms with Crippen LogP contribution in [0.2, 0.25) is 0 Å². The van der Waals surface area contributed by atoms with Crippen molar-refractivity contribution in [1.29, 1.82) is 0 Å². The smallest absolute Gasteiger partial charge is 0.125 e. The maximum Gasteiger partial charge on any atom is 0.125 e. The predicted octanol–water partition coefficient (Wildman–Crippen LogP) is 2.20. The maximum atomic E-state index is 6.16. The van der Waals surface area contributed by atoms with E-state index in [0.717, 1.165) is 23.5 Å². The van der Waals surface area contributed by atoms with Crippen LogP contribution in [0.3, 0.4) is 0 Å². The lowest BCUT2D eigenvalue weighted by Crippen LogP contribution is -2.39. The monoisotopic (exact) mass is 296 g/mol. The number of benzene rings is 1. The maximum absolute atomic E-state index is 6.16. The van der Waals surface area contributed by atoms with E-state index < -0.39 is 0 Å². The second-order valence-corrected chi connectivity index (χ2v) is 5.17. The molecule has 0 amide bonds. The van der Waals surface area contributed by atoms with Crippen LogP contribution in [-0.4, -0.2) is 47.1 Å². The summed E-state index contributed by atoms with van der Waals surface area (Å²) in [6, 6.07) is 6.10. The Morgan fingerprint density at radius 3 is 2.38 bits per heavy atom. The minimum atomic E-state index is -0.115. The topological polar surface area (TPSA) is 57.0 Å². The zero-order valence-electron chi connectivity index (χ0n) is 13.8. The van der Waals surface area contributed by atoms with Crippen molar-refractivity contribution in [2.45, 2.75) is 25.9 Å². The van der Waals surface area contributed by atoms with Crippen molar-refractivity contribution in [3.05, 3.63) is 23.8 Å². The summed E-state index contributed by atoms with van der Waals surface area (Å²) >= 11 is 0. The van der Waals surface area contributed by atoms with Crippen LogP contribution in [0.5, 0.6) is 5.75 Å². The van der Waals surface area contributed by atoms with Gasteiger partial charge in [-0.1, -0.05) is 6.07 Å². The van der Waals surface area contributed by atoms with Crippen LogP contribution in [-0.2, 0) is 9.47 Å². The Kier molecular flexibility index (Phi) is 7.50. The fraction of sp³-hybridized carbons (Fsp3) is 0.625. The SMILES string of the molecule is COCCN(c1cccc(OC)c1[C@@H](C)N)C(C)COC. The van der Waals surface area contributed by atoms with Crippen molar-refractivity contribution in [2.75, 3.05) is 46.0 Å². The third-order valence-electron chi connectivity index (χ3n) is 3.50. The Morgan fingerprint density at radius 1 is 1.14 bits per heavy atom. The minimum Gasteiger partial charge on any atom is -0.496 e. The molecular weight excluding hydrogens is 268 g/mol. The predicted molar refractivity (Wildman–Crippen MR) is 86.2 cm³/mol. The fourth-order valence-corrected chi connectivity index (χ4v) is 2.52. The van der Waals surface area contributed by atoms with Crippen molar-refractivity contribution in [2.24, 2.45) is 5.73 Å². The quantitative estimate of drug-likeness (QED) is 0.757. The normalized spacial score (nSPS) is 13.8. The second-order valence-electron chi connectivity index (χ2n) is 5.17. The van der Waals surface area contributed by atoms with Gasteiger partial charge in [0.2, 0.25) is 0 Å². The van der Waals surface area contributed by atoms with Crippen molar-refractivity contribution < 1.29 is 14.2 Å². The van der Waals surface area contributed by atoms with E-state index in [1.165, 1.54) is 0 Å². The lowest BCUT2D eigenvalue weighted by molar-refractivity contribution is 0.171. The standard InChI is InChI=1S/C16H28N2O3/c1-12(11-20-4)18(9-10-19-3)14-7-6-8-15(21-5)16(14)13(2)17/h6-8,12-13H,9-11,17H2,1-5H3/t12?,13-/m1/s1. The summed E-state index contributed by atoms with van der Waals surface area (Å²) in [6.07, 6.45) is 0. The van der Waals surface area contributed by atoms with Gasteiger partial charge in [-0.25, -0.2) is 0 Å². The van der Waals surface area contributed by atoms with E-state index in [4.69, 9.17) is 19.9 Å². The molecule has 2 N–H and O–H groups in total. The Hall–Kier alpha value is -1.30.